The van der Waals surface area contributed by atoms with Gasteiger partial charge in [-0.25, -0.2) is 9.59 Å². The average Bonchev–Trinajstić information content (AvgIpc) is 2.72. The molecule has 0 aliphatic heterocycles. The first-order chi connectivity index (χ1) is 13.6. The number of unbranched alkanes of at least 4 members (excludes halogenated alkanes) is 1. The number of carboxylic acid groups (broad SMARTS) is 1. The van der Waals surface area contributed by atoms with E-state index in [1.807, 2.05) is 30.3 Å². The van der Waals surface area contributed by atoms with Crippen LogP contribution < -0.4 is 10.6 Å². The van der Waals surface area contributed by atoms with E-state index in [9.17, 15) is 19.5 Å². The van der Waals surface area contributed by atoms with E-state index in [1.54, 1.807) is 30.3 Å². The van der Waals surface area contributed by atoms with Gasteiger partial charge in [0.05, 0.1) is 0 Å². The minimum atomic E-state index is -1.08. The maximum Gasteiger partial charge on any atom is 0.407 e. The van der Waals surface area contributed by atoms with Crippen LogP contribution in [0.3, 0.4) is 0 Å². The van der Waals surface area contributed by atoms with E-state index in [-0.39, 0.29) is 13.0 Å². The fourth-order valence-electron chi connectivity index (χ4n) is 2.53. The molecule has 28 heavy (non-hydrogen) atoms. The normalized spacial score (nSPS) is 11.3. The summed E-state index contributed by atoms with van der Waals surface area (Å²) in [5.74, 6) is -1.50. The van der Waals surface area contributed by atoms with Gasteiger partial charge in [0.1, 0.15) is 12.6 Å². The lowest BCUT2D eigenvalue weighted by atomic mass is 10.1. The summed E-state index contributed by atoms with van der Waals surface area (Å²) in [6, 6.07) is 16.8. The largest absolute Gasteiger partial charge is 0.480 e. The summed E-state index contributed by atoms with van der Waals surface area (Å²) in [7, 11) is 0. The molecule has 0 spiro atoms. The van der Waals surface area contributed by atoms with Crippen molar-refractivity contribution in [2.45, 2.75) is 31.9 Å². The number of hydrogen-bond acceptors (Lipinski definition) is 4. The Hall–Kier alpha value is -3.35. The minimum absolute atomic E-state index is 0.194. The van der Waals surface area contributed by atoms with Crippen molar-refractivity contribution < 1.29 is 24.2 Å². The Bertz CT molecular complexity index is 765. The third-order valence-corrected chi connectivity index (χ3v) is 4.04. The first-order valence-electron chi connectivity index (χ1n) is 9.09. The topological polar surface area (TPSA) is 105 Å². The Kier molecular flexibility index (Phi) is 8.52. The van der Waals surface area contributed by atoms with Gasteiger partial charge in [0.2, 0.25) is 0 Å². The second kappa shape index (κ2) is 11.4. The quantitative estimate of drug-likeness (QED) is 0.546. The molecule has 2 rings (SSSR count). The number of benzene rings is 2. The van der Waals surface area contributed by atoms with Gasteiger partial charge in [-0.3, -0.25) is 4.79 Å². The molecule has 1 atom stereocenters. The molecule has 2 amide bonds. The molecule has 7 nitrogen and oxygen atoms in total. The zero-order valence-corrected chi connectivity index (χ0v) is 15.5. The van der Waals surface area contributed by atoms with Crippen molar-refractivity contribution in [2.75, 3.05) is 6.54 Å². The Balaban J connectivity index is 1.64. The van der Waals surface area contributed by atoms with Crippen LogP contribution in [0, 0.1) is 0 Å². The Labute approximate surface area is 163 Å². The standard InChI is InChI=1S/C21H24N2O5/c24-19(17-11-5-2-6-12-17)23-18(20(25)26)13-7-8-14-22-21(27)28-15-16-9-3-1-4-10-16/h1-6,9-12,18H,7-8,13-15H2,(H,22,27)(H,23,24)(H,25,26)/t18-/m1/s1. The van der Waals surface area contributed by atoms with Crippen molar-refractivity contribution in [2.24, 2.45) is 0 Å². The molecule has 0 bridgehead atoms. The van der Waals surface area contributed by atoms with Gasteiger partial charge in [-0.15, -0.1) is 0 Å². The third-order valence-electron chi connectivity index (χ3n) is 4.04. The van der Waals surface area contributed by atoms with Crippen LogP contribution in [0.2, 0.25) is 0 Å². The van der Waals surface area contributed by atoms with Gasteiger partial charge < -0.3 is 20.5 Å². The molecule has 3 N–H and O–H groups in total. The molecule has 0 aliphatic carbocycles. The number of hydrogen-bond donors (Lipinski definition) is 3. The second-order valence-electron chi connectivity index (χ2n) is 6.21. The number of carbonyl (C=O) groups is 3. The summed E-state index contributed by atoms with van der Waals surface area (Å²) in [6.45, 7) is 0.561. The lowest BCUT2D eigenvalue weighted by molar-refractivity contribution is -0.139. The summed E-state index contributed by atoms with van der Waals surface area (Å²) in [5.41, 5.74) is 1.31. The molecule has 7 heteroatoms. The average molecular weight is 384 g/mol. The fourth-order valence-corrected chi connectivity index (χ4v) is 2.53. The maximum absolute atomic E-state index is 12.1. The number of rotatable bonds is 10. The van der Waals surface area contributed by atoms with Gasteiger partial charge >= 0.3 is 12.1 Å². The van der Waals surface area contributed by atoms with Gasteiger partial charge in [-0.1, -0.05) is 48.5 Å². The van der Waals surface area contributed by atoms with Gasteiger partial charge in [0.15, 0.2) is 0 Å². The highest BCUT2D eigenvalue weighted by atomic mass is 16.5. The Morgan fingerprint density at radius 2 is 1.57 bits per heavy atom. The van der Waals surface area contributed by atoms with Crippen LogP contribution in [0.1, 0.15) is 35.2 Å². The monoisotopic (exact) mass is 384 g/mol. The molecule has 2 aromatic carbocycles. The van der Waals surface area contributed by atoms with E-state index in [1.165, 1.54) is 0 Å². The Morgan fingerprint density at radius 1 is 0.929 bits per heavy atom. The van der Waals surface area contributed by atoms with E-state index in [2.05, 4.69) is 10.6 Å². The van der Waals surface area contributed by atoms with Crippen LogP contribution >= 0.6 is 0 Å². The number of nitrogens with one attached hydrogen (secondary N) is 2. The third kappa shape index (κ3) is 7.49. The molecule has 0 unspecified atom stereocenters. The first-order valence-corrected chi connectivity index (χ1v) is 9.09. The van der Waals surface area contributed by atoms with Crippen LogP contribution in [0.15, 0.2) is 60.7 Å². The number of ether oxygens (including phenoxy) is 1. The fraction of sp³-hybridized carbons (Fsp3) is 0.286. The van der Waals surface area contributed by atoms with E-state index in [0.29, 0.717) is 24.9 Å². The highest BCUT2D eigenvalue weighted by Crippen LogP contribution is 2.05. The maximum atomic E-state index is 12.1. The molecule has 0 heterocycles. The van der Waals surface area contributed by atoms with Crippen molar-refractivity contribution in [3.05, 3.63) is 71.8 Å². The number of carbonyl (C=O) groups excluding carboxylic acids is 2. The van der Waals surface area contributed by atoms with Gasteiger partial charge in [-0.2, -0.15) is 0 Å². The zero-order valence-electron chi connectivity index (χ0n) is 15.5. The van der Waals surface area contributed by atoms with Gasteiger partial charge in [0, 0.05) is 12.1 Å². The lowest BCUT2D eigenvalue weighted by Crippen LogP contribution is -2.40. The zero-order chi connectivity index (χ0) is 20.2. The van der Waals surface area contributed by atoms with E-state index in [4.69, 9.17) is 4.74 Å². The van der Waals surface area contributed by atoms with Crippen LogP contribution in [0.4, 0.5) is 4.79 Å². The summed E-state index contributed by atoms with van der Waals surface area (Å²) in [4.78, 5) is 35.1. The molecular formula is C21H24N2O5. The van der Waals surface area contributed by atoms with Crippen molar-refractivity contribution in [1.82, 2.24) is 10.6 Å². The number of carboxylic acids is 1. The van der Waals surface area contributed by atoms with E-state index < -0.39 is 24.0 Å². The van der Waals surface area contributed by atoms with Crippen molar-refractivity contribution >= 4 is 18.0 Å². The van der Waals surface area contributed by atoms with Crippen molar-refractivity contribution in [3.63, 3.8) is 0 Å². The smallest absolute Gasteiger partial charge is 0.407 e. The molecule has 0 aliphatic rings. The van der Waals surface area contributed by atoms with E-state index in [0.717, 1.165) is 5.56 Å². The lowest BCUT2D eigenvalue weighted by Gasteiger charge is -2.14. The predicted molar refractivity (Wildman–Crippen MR) is 104 cm³/mol. The molecule has 0 aromatic heterocycles. The van der Waals surface area contributed by atoms with Gasteiger partial charge in [0.25, 0.3) is 5.91 Å². The van der Waals surface area contributed by atoms with Crippen LogP contribution in [-0.2, 0) is 16.1 Å². The summed E-state index contributed by atoms with van der Waals surface area (Å²) < 4.78 is 5.09. The SMILES string of the molecule is O=C(NCCCC[C@@H](NC(=O)c1ccccc1)C(=O)O)OCc1ccccc1. The van der Waals surface area contributed by atoms with Crippen molar-refractivity contribution in [1.29, 1.82) is 0 Å². The number of alkyl carbamates (subject to hydrolysis) is 1. The number of aliphatic carboxylic acids is 1. The summed E-state index contributed by atoms with van der Waals surface area (Å²) >= 11 is 0. The van der Waals surface area contributed by atoms with Crippen LogP contribution in [-0.4, -0.2) is 35.7 Å². The molecule has 0 fully saturated rings. The molecule has 0 saturated heterocycles. The Morgan fingerprint density at radius 3 is 2.21 bits per heavy atom. The van der Waals surface area contributed by atoms with Crippen LogP contribution in [0.25, 0.3) is 0 Å². The molecule has 148 valence electrons. The first kappa shape index (κ1) is 21.0. The predicted octanol–water partition coefficient (Wildman–Crippen LogP) is 2.97. The second-order valence-corrected chi connectivity index (χ2v) is 6.21. The number of amides is 2. The van der Waals surface area contributed by atoms with Crippen molar-refractivity contribution in [3.8, 4) is 0 Å². The molecular weight excluding hydrogens is 360 g/mol. The molecule has 2 aromatic rings. The summed E-state index contributed by atoms with van der Waals surface area (Å²) in [5, 5.41) is 14.4. The van der Waals surface area contributed by atoms with E-state index >= 15 is 0 Å². The molecule has 0 saturated carbocycles. The van der Waals surface area contributed by atoms with Gasteiger partial charge in [-0.05, 0) is 37.0 Å². The highest BCUT2D eigenvalue weighted by molar-refractivity contribution is 5.96. The van der Waals surface area contributed by atoms with Crippen LogP contribution in [0.5, 0.6) is 0 Å². The highest BCUT2D eigenvalue weighted by Gasteiger charge is 2.20. The molecule has 0 radical (unpaired) electrons. The minimum Gasteiger partial charge on any atom is -0.480 e. The summed E-state index contributed by atoms with van der Waals surface area (Å²) in [6.07, 6.45) is 0.862.